The maximum Gasteiger partial charge on any atom is 0.122 e. The van der Waals surface area contributed by atoms with Crippen molar-refractivity contribution in [2.24, 2.45) is 0 Å². The highest BCUT2D eigenvalue weighted by atomic mass is 35.5. The van der Waals surface area contributed by atoms with E-state index in [9.17, 15) is 0 Å². The summed E-state index contributed by atoms with van der Waals surface area (Å²) in [5.41, 5.74) is 10.4. The third-order valence-electron chi connectivity index (χ3n) is 3.53. The van der Waals surface area contributed by atoms with E-state index in [0.29, 0.717) is 17.4 Å². The van der Waals surface area contributed by atoms with Crippen molar-refractivity contribution in [3.8, 4) is 11.3 Å². The predicted octanol–water partition coefficient (Wildman–Crippen LogP) is 4.14. The summed E-state index contributed by atoms with van der Waals surface area (Å²) in [6, 6.07) is 17.7. The quantitative estimate of drug-likeness (QED) is 0.789. The molecule has 3 nitrogen and oxygen atoms in total. The molecule has 0 aliphatic rings. The van der Waals surface area contributed by atoms with Crippen LogP contribution in [-0.2, 0) is 6.54 Å². The highest BCUT2D eigenvalue weighted by Crippen LogP contribution is 2.23. The zero-order valence-corrected chi connectivity index (χ0v) is 12.5. The van der Waals surface area contributed by atoms with Gasteiger partial charge >= 0.3 is 0 Å². The molecular formula is C17H16ClN3. The monoisotopic (exact) mass is 297 g/mol. The Balaban J connectivity index is 1.91. The summed E-state index contributed by atoms with van der Waals surface area (Å²) in [5.74, 6) is 0.656. The van der Waals surface area contributed by atoms with Gasteiger partial charge in [0, 0.05) is 16.7 Å². The SMILES string of the molecule is Cc1ccccc1Cn1nc(-c2ccc(Cl)cc2)cc1N. The first-order chi connectivity index (χ1) is 10.1. The van der Waals surface area contributed by atoms with Crippen molar-refractivity contribution < 1.29 is 0 Å². The number of aryl methyl sites for hydroxylation is 1. The molecule has 0 saturated carbocycles. The minimum Gasteiger partial charge on any atom is -0.384 e. The van der Waals surface area contributed by atoms with Crippen LogP contribution in [0.25, 0.3) is 11.3 Å². The molecule has 1 heterocycles. The Morgan fingerprint density at radius 2 is 1.81 bits per heavy atom. The van der Waals surface area contributed by atoms with Gasteiger partial charge in [-0.25, -0.2) is 4.68 Å². The van der Waals surface area contributed by atoms with E-state index in [1.165, 1.54) is 11.1 Å². The summed E-state index contributed by atoms with van der Waals surface area (Å²) in [6.07, 6.45) is 0. The van der Waals surface area contributed by atoms with Gasteiger partial charge in [0.05, 0.1) is 12.2 Å². The van der Waals surface area contributed by atoms with E-state index >= 15 is 0 Å². The number of aromatic nitrogens is 2. The normalized spacial score (nSPS) is 10.8. The molecule has 4 heteroatoms. The molecule has 2 aromatic carbocycles. The van der Waals surface area contributed by atoms with Gasteiger partial charge in [0.25, 0.3) is 0 Å². The first-order valence-corrected chi connectivity index (χ1v) is 7.15. The summed E-state index contributed by atoms with van der Waals surface area (Å²) in [6.45, 7) is 2.77. The molecular weight excluding hydrogens is 282 g/mol. The van der Waals surface area contributed by atoms with Gasteiger partial charge in [-0.1, -0.05) is 48.0 Å². The van der Waals surface area contributed by atoms with E-state index in [1.807, 2.05) is 47.1 Å². The minimum absolute atomic E-state index is 0.656. The molecule has 106 valence electrons. The number of nitrogen functional groups attached to an aromatic ring is 1. The van der Waals surface area contributed by atoms with Crippen LogP contribution in [0, 0.1) is 6.92 Å². The van der Waals surface area contributed by atoms with Crippen molar-refractivity contribution in [1.29, 1.82) is 0 Å². The Morgan fingerprint density at radius 3 is 2.52 bits per heavy atom. The van der Waals surface area contributed by atoms with Crippen molar-refractivity contribution in [2.45, 2.75) is 13.5 Å². The fraction of sp³-hybridized carbons (Fsp3) is 0.118. The number of rotatable bonds is 3. The fourth-order valence-corrected chi connectivity index (χ4v) is 2.39. The molecule has 0 aliphatic carbocycles. The molecule has 0 atom stereocenters. The van der Waals surface area contributed by atoms with Gasteiger partial charge in [0.2, 0.25) is 0 Å². The molecule has 0 fully saturated rings. The second-order valence-electron chi connectivity index (χ2n) is 5.05. The number of hydrogen-bond acceptors (Lipinski definition) is 2. The van der Waals surface area contributed by atoms with E-state index in [1.54, 1.807) is 0 Å². The topological polar surface area (TPSA) is 43.8 Å². The number of halogens is 1. The average Bonchev–Trinajstić information content (AvgIpc) is 2.83. The van der Waals surface area contributed by atoms with Crippen molar-refractivity contribution in [3.63, 3.8) is 0 Å². The fourth-order valence-electron chi connectivity index (χ4n) is 2.27. The van der Waals surface area contributed by atoms with E-state index < -0.39 is 0 Å². The molecule has 0 bridgehead atoms. The molecule has 3 aromatic rings. The molecule has 1 aromatic heterocycles. The number of nitrogens with two attached hydrogens (primary N) is 1. The van der Waals surface area contributed by atoms with E-state index in [-0.39, 0.29) is 0 Å². The Hall–Kier alpha value is -2.26. The zero-order chi connectivity index (χ0) is 14.8. The van der Waals surface area contributed by atoms with Crippen LogP contribution in [0.3, 0.4) is 0 Å². The van der Waals surface area contributed by atoms with Crippen LogP contribution in [0.1, 0.15) is 11.1 Å². The maximum atomic E-state index is 6.08. The van der Waals surface area contributed by atoms with Crippen LogP contribution in [0.2, 0.25) is 5.02 Å². The molecule has 2 N–H and O–H groups in total. The molecule has 0 radical (unpaired) electrons. The Bertz CT molecular complexity index is 760. The Kier molecular flexibility index (Phi) is 3.67. The van der Waals surface area contributed by atoms with Gasteiger partial charge in [-0.05, 0) is 30.2 Å². The highest BCUT2D eigenvalue weighted by molar-refractivity contribution is 6.30. The van der Waals surface area contributed by atoms with E-state index in [4.69, 9.17) is 17.3 Å². The summed E-state index contributed by atoms with van der Waals surface area (Å²) in [4.78, 5) is 0. The Labute approximate surface area is 129 Å². The summed E-state index contributed by atoms with van der Waals surface area (Å²) >= 11 is 5.91. The zero-order valence-electron chi connectivity index (χ0n) is 11.8. The summed E-state index contributed by atoms with van der Waals surface area (Å²) in [7, 11) is 0. The second kappa shape index (κ2) is 5.62. The first-order valence-electron chi connectivity index (χ1n) is 6.77. The number of nitrogens with zero attached hydrogens (tertiary/aromatic N) is 2. The lowest BCUT2D eigenvalue weighted by Gasteiger charge is -2.07. The molecule has 0 amide bonds. The summed E-state index contributed by atoms with van der Waals surface area (Å²) in [5, 5.41) is 5.31. The van der Waals surface area contributed by atoms with Crippen molar-refractivity contribution >= 4 is 17.4 Å². The van der Waals surface area contributed by atoms with Gasteiger partial charge in [-0.3, -0.25) is 0 Å². The van der Waals surface area contributed by atoms with Crippen LogP contribution in [0.4, 0.5) is 5.82 Å². The Morgan fingerprint density at radius 1 is 1.10 bits per heavy atom. The van der Waals surface area contributed by atoms with Gasteiger partial charge in [-0.15, -0.1) is 0 Å². The van der Waals surface area contributed by atoms with Crippen molar-refractivity contribution in [3.05, 3.63) is 70.7 Å². The molecule has 0 unspecified atom stereocenters. The lowest BCUT2D eigenvalue weighted by molar-refractivity contribution is 0.697. The predicted molar refractivity (Wildman–Crippen MR) is 87.4 cm³/mol. The van der Waals surface area contributed by atoms with Crippen LogP contribution in [0.15, 0.2) is 54.6 Å². The third-order valence-corrected chi connectivity index (χ3v) is 3.78. The van der Waals surface area contributed by atoms with Gasteiger partial charge in [0.15, 0.2) is 0 Å². The second-order valence-corrected chi connectivity index (χ2v) is 5.48. The molecule has 0 saturated heterocycles. The number of anilines is 1. The van der Waals surface area contributed by atoms with Crippen molar-refractivity contribution in [1.82, 2.24) is 9.78 Å². The summed E-state index contributed by atoms with van der Waals surface area (Å²) < 4.78 is 1.83. The molecule has 3 rings (SSSR count). The van der Waals surface area contributed by atoms with Crippen molar-refractivity contribution in [2.75, 3.05) is 5.73 Å². The first kappa shape index (κ1) is 13.7. The smallest absolute Gasteiger partial charge is 0.122 e. The lowest BCUT2D eigenvalue weighted by atomic mass is 10.1. The third kappa shape index (κ3) is 2.93. The minimum atomic E-state index is 0.656. The van der Waals surface area contributed by atoms with Crippen LogP contribution >= 0.6 is 11.6 Å². The van der Waals surface area contributed by atoms with E-state index in [2.05, 4.69) is 24.2 Å². The van der Waals surface area contributed by atoms with Gasteiger partial charge < -0.3 is 5.73 Å². The molecule has 0 aliphatic heterocycles. The lowest BCUT2D eigenvalue weighted by Crippen LogP contribution is -2.06. The molecule has 21 heavy (non-hydrogen) atoms. The average molecular weight is 298 g/mol. The van der Waals surface area contributed by atoms with Crippen LogP contribution < -0.4 is 5.73 Å². The maximum absolute atomic E-state index is 6.08. The largest absolute Gasteiger partial charge is 0.384 e. The van der Waals surface area contributed by atoms with Gasteiger partial charge in [0.1, 0.15) is 5.82 Å². The molecule has 0 spiro atoms. The number of benzene rings is 2. The number of hydrogen-bond donors (Lipinski definition) is 1. The standard InChI is InChI=1S/C17H16ClN3/c1-12-4-2-3-5-14(12)11-21-17(19)10-16(20-21)13-6-8-15(18)9-7-13/h2-10H,11,19H2,1H3. The van der Waals surface area contributed by atoms with Gasteiger partial charge in [-0.2, -0.15) is 5.10 Å². The van der Waals surface area contributed by atoms with E-state index in [0.717, 1.165) is 11.3 Å². The van der Waals surface area contributed by atoms with Crippen LogP contribution in [0.5, 0.6) is 0 Å². The highest BCUT2D eigenvalue weighted by Gasteiger charge is 2.08. The van der Waals surface area contributed by atoms with Crippen LogP contribution in [-0.4, -0.2) is 9.78 Å².